The fourth-order valence-electron chi connectivity index (χ4n) is 1.69. The zero-order chi connectivity index (χ0) is 13.6. The third-order valence-corrected chi connectivity index (χ3v) is 4.50. The fraction of sp³-hybridized carbons (Fsp3) is 0.538. The molecule has 1 rings (SSSR count). The lowest BCUT2D eigenvalue weighted by atomic mass is 10.3. The molecule has 0 saturated heterocycles. The van der Waals surface area contributed by atoms with Gasteiger partial charge in [-0.15, -0.1) is 0 Å². The Morgan fingerprint density at radius 1 is 1.22 bits per heavy atom. The predicted molar refractivity (Wildman–Crippen MR) is 73.6 cm³/mol. The van der Waals surface area contributed by atoms with E-state index in [1.807, 2.05) is 13.8 Å². The van der Waals surface area contributed by atoms with Gasteiger partial charge in [0.25, 0.3) is 0 Å². The van der Waals surface area contributed by atoms with Crippen LogP contribution in [0.3, 0.4) is 0 Å². The van der Waals surface area contributed by atoms with E-state index in [0.717, 1.165) is 12.8 Å². The highest BCUT2D eigenvalue weighted by Gasteiger charge is 2.18. The summed E-state index contributed by atoms with van der Waals surface area (Å²) in [7, 11) is -3.31. The summed E-state index contributed by atoms with van der Waals surface area (Å²) in [5.74, 6) is 0.682. The minimum Gasteiger partial charge on any atom is -0.494 e. The maximum absolute atomic E-state index is 12.1. The first-order chi connectivity index (χ1) is 8.51. The molecule has 0 saturated carbocycles. The first kappa shape index (κ1) is 14.8. The van der Waals surface area contributed by atoms with Gasteiger partial charge in [0.05, 0.1) is 22.9 Å². The van der Waals surface area contributed by atoms with E-state index in [-0.39, 0.29) is 16.3 Å². The van der Waals surface area contributed by atoms with Crippen molar-refractivity contribution in [1.82, 2.24) is 0 Å². The van der Waals surface area contributed by atoms with Gasteiger partial charge in [-0.2, -0.15) is 0 Å². The molecular weight excluding hydrogens is 250 g/mol. The second-order valence-electron chi connectivity index (χ2n) is 4.16. The molecule has 0 aliphatic carbocycles. The van der Waals surface area contributed by atoms with Crippen LogP contribution in [0.4, 0.5) is 5.69 Å². The van der Waals surface area contributed by atoms with Gasteiger partial charge in [-0.1, -0.05) is 19.8 Å². The molecule has 0 heterocycles. The highest BCUT2D eigenvalue weighted by molar-refractivity contribution is 7.91. The first-order valence-electron chi connectivity index (χ1n) is 6.26. The van der Waals surface area contributed by atoms with E-state index in [4.69, 9.17) is 10.5 Å². The SMILES string of the molecule is CCCCCS(=O)(=O)c1cc(OCC)ccc1N. The molecule has 5 heteroatoms. The Bertz CT molecular complexity index is 483. The molecule has 0 radical (unpaired) electrons. The third kappa shape index (κ3) is 3.91. The Kier molecular flexibility index (Phi) is 5.47. The van der Waals surface area contributed by atoms with Crippen molar-refractivity contribution < 1.29 is 13.2 Å². The number of rotatable bonds is 7. The maximum Gasteiger partial charge on any atom is 0.180 e. The van der Waals surface area contributed by atoms with Crippen molar-refractivity contribution in [1.29, 1.82) is 0 Å². The van der Waals surface area contributed by atoms with Crippen molar-refractivity contribution in [3.8, 4) is 5.75 Å². The number of nitrogens with two attached hydrogens (primary N) is 1. The minimum absolute atomic E-state index is 0.140. The predicted octanol–water partition coefficient (Wildman–Crippen LogP) is 2.63. The number of ether oxygens (including phenoxy) is 1. The van der Waals surface area contributed by atoms with E-state index < -0.39 is 9.84 Å². The molecule has 1 aromatic carbocycles. The van der Waals surface area contributed by atoms with Crippen LogP contribution in [-0.4, -0.2) is 20.8 Å². The molecule has 0 bridgehead atoms. The van der Waals surface area contributed by atoms with Crippen LogP contribution in [0.25, 0.3) is 0 Å². The standard InChI is InChI=1S/C13H21NO3S/c1-3-5-6-9-18(15,16)13-10-11(17-4-2)7-8-12(13)14/h7-8,10H,3-6,9,14H2,1-2H3. The Labute approximate surface area is 109 Å². The molecule has 0 amide bonds. The average molecular weight is 271 g/mol. The molecular formula is C13H21NO3S. The Balaban J connectivity index is 2.95. The van der Waals surface area contributed by atoms with Gasteiger partial charge in [-0.3, -0.25) is 0 Å². The van der Waals surface area contributed by atoms with E-state index in [1.165, 1.54) is 6.07 Å². The van der Waals surface area contributed by atoms with Gasteiger partial charge in [0.2, 0.25) is 0 Å². The zero-order valence-electron chi connectivity index (χ0n) is 11.0. The van der Waals surface area contributed by atoms with Gasteiger partial charge >= 0.3 is 0 Å². The number of anilines is 1. The van der Waals surface area contributed by atoms with E-state index in [2.05, 4.69) is 0 Å². The summed E-state index contributed by atoms with van der Waals surface area (Å²) in [4.78, 5) is 0.185. The van der Waals surface area contributed by atoms with E-state index in [1.54, 1.807) is 12.1 Å². The van der Waals surface area contributed by atoms with Gasteiger partial charge in [-0.25, -0.2) is 8.42 Å². The second kappa shape index (κ2) is 6.64. The Morgan fingerprint density at radius 2 is 1.94 bits per heavy atom. The average Bonchev–Trinajstić information content (AvgIpc) is 2.32. The molecule has 0 spiro atoms. The molecule has 0 aliphatic heterocycles. The normalized spacial score (nSPS) is 11.4. The van der Waals surface area contributed by atoms with Crippen LogP contribution in [-0.2, 0) is 9.84 Å². The molecule has 0 atom stereocenters. The smallest absolute Gasteiger partial charge is 0.180 e. The number of sulfone groups is 1. The van der Waals surface area contributed by atoms with Crippen molar-refractivity contribution in [2.75, 3.05) is 18.1 Å². The van der Waals surface area contributed by atoms with Crippen LogP contribution in [0.1, 0.15) is 33.1 Å². The summed E-state index contributed by atoms with van der Waals surface area (Å²) in [6.45, 7) is 4.39. The zero-order valence-corrected chi connectivity index (χ0v) is 11.8. The van der Waals surface area contributed by atoms with Crippen LogP contribution in [0.5, 0.6) is 5.75 Å². The Morgan fingerprint density at radius 3 is 2.56 bits per heavy atom. The fourth-order valence-corrected chi connectivity index (χ4v) is 3.22. The number of hydrogen-bond donors (Lipinski definition) is 1. The summed E-state index contributed by atoms with van der Waals surface area (Å²) in [6.07, 6.45) is 2.56. The largest absolute Gasteiger partial charge is 0.494 e. The number of nitrogen functional groups attached to an aromatic ring is 1. The molecule has 0 aliphatic rings. The van der Waals surface area contributed by atoms with E-state index in [0.29, 0.717) is 18.8 Å². The highest BCUT2D eigenvalue weighted by atomic mass is 32.2. The molecule has 102 valence electrons. The summed E-state index contributed by atoms with van der Waals surface area (Å²) in [5.41, 5.74) is 6.03. The van der Waals surface area contributed by atoms with Crippen LogP contribution < -0.4 is 10.5 Å². The highest BCUT2D eigenvalue weighted by Crippen LogP contribution is 2.25. The monoisotopic (exact) mass is 271 g/mol. The van der Waals surface area contributed by atoms with E-state index in [9.17, 15) is 8.42 Å². The van der Waals surface area contributed by atoms with Crippen LogP contribution in [0.15, 0.2) is 23.1 Å². The molecule has 2 N–H and O–H groups in total. The van der Waals surface area contributed by atoms with Crippen LogP contribution >= 0.6 is 0 Å². The molecule has 0 aromatic heterocycles. The molecule has 18 heavy (non-hydrogen) atoms. The lowest BCUT2D eigenvalue weighted by Gasteiger charge is -2.10. The van der Waals surface area contributed by atoms with Gasteiger partial charge < -0.3 is 10.5 Å². The van der Waals surface area contributed by atoms with Crippen molar-refractivity contribution in [3.63, 3.8) is 0 Å². The number of unbranched alkanes of at least 4 members (excludes halogenated alkanes) is 2. The van der Waals surface area contributed by atoms with Crippen molar-refractivity contribution in [2.45, 2.75) is 38.0 Å². The third-order valence-electron chi connectivity index (χ3n) is 2.65. The number of benzene rings is 1. The lowest BCUT2D eigenvalue weighted by Crippen LogP contribution is -2.10. The summed E-state index contributed by atoms with van der Waals surface area (Å²) >= 11 is 0. The van der Waals surface area contributed by atoms with Gasteiger partial charge in [0, 0.05) is 6.07 Å². The van der Waals surface area contributed by atoms with Crippen LogP contribution in [0.2, 0.25) is 0 Å². The van der Waals surface area contributed by atoms with Gasteiger partial charge in [-0.05, 0) is 25.5 Å². The minimum atomic E-state index is -3.31. The lowest BCUT2D eigenvalue weighted by molar-refractivity contribution is 0.339. The van der Waals surface area contributed by atoms with E-state index >= 15 is 0 Å². The van der Waals surface area contributed by atoms with Crippen molar-refractivity contribution >= 4 is 15.5 Å². The van der Waals surface area contributed by atoms with Gasteiger partial charge in [0.15, 0.2) is 9.84 Å². The topological polar surface area (TPSA) is 69.4 Å². The molecule has 1 aromatic rings. The summed E-state index contributed by atoms with van der Waals surface area (Å²) in [5, 5.41) is 0. The first-order valence-corrected chi connectivity index (χ1v) is 7.91. The summed E-state index contributed by atoms with van der Waals surface area (Å²) < 4.78 is 29.6. The van der Waals surface area contributed by atoms with Gasteiger partial charge in [0.1, 0.15) is 5.75 Å². The molecule has 0 unspecified atom stereocenters. The van der Waals surface area contributed by atoms with Crippen molar-refractivity contribution in [3.05, 3.63) is 18.2 Å². The molecule has 4 nitrogen and oxygen atoms in total. The Hall–Kier alpha value is -1.23. The number of hydrogen-bond acceptors (Lipinski definition) is 4. The summed E-state index contributed by atoms with van der Waals surface area (Å²) in [6, 6.07) is 4.78. The quantitative estimate of drug-likeness (QED) is 0.611. The molecule has 0 fully saturated rings. The second-order valence-corrected chi connectivity index (χ2v) is 6.24. The van der Waals surface area contributed by atoms with Crippen LogP contribution in [0, 0.1) is 0 Å². The van der Waals surface area contributed by atoms with Crippen molar-refractivity contribution in [2.24, 2.45) is 0 Å². The maximum atomic E-state index is 12.1.